The number of para-hydroxylation sites is 1. The number of carbonyl (C=O) groups is 1. The highest BCUT2D eigenvalue weighted by Crippen LogP contribution is 2.24. The summed E-state index contributed by atoms with van der Waals surface area (Å²) in [6.45, 7) is 0.861. The Morgan fingerprint density at radius 3 is 2.75 bits per heavy atom. The number of benzene rings is 1. The Morgan fingerprint density at radius 1 is 1.20 bits per heavy atom. The average molecular weight is 336 g/mol. The van der Waals surface area contributed by atoms with Crippen molar-refractivity contribution in [3.63, 3.8) is 0 Å². The van der Waals surface area contributed by atoms with Crippen LogP contribution < -0.4 is 4.74 Å². The summed E-state index contributed by atoms with van der Waals surface area (Å²) < 4.78 is 11.2. The van der Waals surface area contributed by atoms with Gasteiger partial charge in [0.05, 0.1) is 12.2 Å². The lowest BCUT2D eigenvalue weighted by Gasteiger charge is -2.10. The van der Waals surface area contributed by atoms with Gasteiger partial charge in [-0.25, -0.2) is 0 Å². The van der Waals surface area contributed by atoms with Crippen LogP contribution in [0.4, 0.5) is 0 Å². The summed E-state index contributed by atoms with van der Waals surface area (Å²) in [6.07, 6.45) is 1.59. The van der Waals surface area contributed by atoms with Crippen molar-refractivity contribution in [2.75, 3.05) is 20.3 Å². The molecule has 0 aliphatic carbocycles. The summed E-state index contributed by atoms with van der Waals surface area (Å²) in [5, 5.41) is 0. The fraction of sp³-hybridized carbons (Fsp3) is 0.200. The molecule has 104 valence electrons. The van der Waals surface area contributed by atoms with Crippen LogP contribution in [-0.2, 0) is 4.74 Å². The molecule has 20 heavy (non-hydrogen) atoms. The molecule has 0 N–H and O–H groups in total. The molecular weight excluding hydrogens is 322 g/mol. The minimum atomic E-state index is -0.175. The molecule has 0 unspecified atom stereocenters. The van der Waals surface area contributed by atoms with Crippen molar-refractivity contribution < 1.29 is 14.3 Å². The molecule has 4 nitrogen and oxygen atoms in total. The molecule has 5 heteroatoms. The number of carbonyl (C=O) groups excluding carboxylic acids is 1. The molecule has 0 amide bonds. The van der Waals surface area contributed by atoms with Gasteiger partial charge in [-0.1, -0.05) is 12.1 Å². The molecule has 2 aromatic rings. The molecule has 0 bridgehead atoms. The van der Waals surface area contributed by atoms with Crippen LogP contribution in [0.25, 0.3) is 0 Å². The lowest BCUT2D eigenvalue weighted by Crippen LogP contribution is -2.10. The van der Waals surface area contributed by atoms with Crippen molar-refractivity contribution in [2.45, 2.75) is 0 Å². The zero-order valence-electron chi connectivity index (χ0n) is 11.0. The first-order valence-electron chi connectivity index (χ1n) is 6.10. The van der Waals surface area contributed by atoms with Crippen molar-refractivity contribution in [2.24, 2.45) is 0 Å². The monoisotopic (exact) mass is 335 g/mol. The smallest absolute Gasteiger partial charge is 0.216 e. The number of hydrogen-bond acceptors (Lipinski definition) is 4. The van der Waals surface area contributed by atoms with Crippen LogP contribution in [0.15, 0.2) is 47.1 Å². The summed E-state index contributed by atoms with van der Waals surface area (Å²) >= 11 is 3.34. The molecule has 0 aliphatic heterocycles. The minimum absolute atomic E-state index is 0.175. The summed E-state index contributed by atoms with van der Waals surface area (Å²) in [5.74, 6) is 0.359. The van der Waals surface area contributed by atoms with E-state index in [1.54, 1.807) is 43.6 Å². The Bertz CT molecular complexity index is 601. The van der Waals surface area contributed by atoms with E-state index in [1.165, 1.54) is 0 Å². The van der Waals surface area contributed by atoms with E-state index in [0.717, 1.165) is 0 Å². The van der Waals surface area contributed by atoms with Gasteiger partial charge < -0.3 is 9.47 Å². The molecule has 0 saturated carbocycles. The van der Waals surface area contributed by atoms with Crippen molar-refractivity contribution >= 4 is 21.7 Å². The number of ether oxygens (including phenoxy) is 2. The van der Waals surface area contributed by atoms with Gasteiger partial charge >= 0.3 is 0 Å². The number of ketones is 1. The standard InChI is InChI=1S/C15H14BrNO3/c1-19-9-10-20-13-7-3-2-5-11(13)15(18)14-12(16)6-4-8-17-14/h2-8H,9-10H2,1H3. The third kappa shape index (κ3) is 3.43. The van der Waals surface area contributed by atoms with Crippen molar-refractivity contribution in [3.8, 4) is 5.75 Å². The highest BCUT2D eigenvalue weighted by Gasteiger charge is 2.17. The first-order valence-corrected chi connectivity index (χ1v) is 6.89. The van der Waals surface area contributed by atoms with E-state index in [0.29, 0.717) is 34.7 Å². The Balaban J connectivity index is 2.28. The molecule has 0 atom stereocenters. The normalized spacial score (nSPS) is 10.3. The van der Waals surface area contributed by atoms with E-state index in [4.69, 9.17) is 9.47 Å². The second-order valence-corrected chi connectivity index (χ2v) is 4.85. The zero-order chi connectivity index (χ0) is 14.4. The molecular formula is C15H14BrNO3. The summed E-state index contributed by atoms with van der Waals surface area (Å²) in [6, 6.07) is 10.7. The maximum atomic E-state index is 12.5. The zero-order valence-corrected chi connectivity index (χ0v) is 12.6. The third-order valence-corrected chi connectivity index (χ3v) is 3.29. The van der Waals surface area contributed by atoms with E-state index < -0.39 is 0 Å². The third-order valence-electron chi connectivity index (χ3n) is 2.65. The van der Waals surface area contributed by atoms with Crippen LogP contribution in [0.5, 0.6) is 5.75 Å². The number of hydrogen-bond donors (Lipinski definition) is 0. The fourth-order valence-electron chi connectivity index (χ4n) is 1.70. The van der Waals surface area contributed by atoms with Gasteiger partial charge in [-0.15, -0.1) is 0 Å². The Hall–Kier alpha value is -1.72. The van der Waals surface area contributed by atoms with Gasteiger partial charge in [-0.05, 0) is 40.2 Å². The van der Waals surface area contributed by atoms with Gasteiger partial charge in [0.25, 0.3) is 0 Å². The fourth-order valence-corrected chi connectivity index (χ4v) is 2.13. The van der Waals surface area contributed by atoms with Crippen LogP contribution >= 0.6 is 15.9 Å². The van der Waals surface area contributed by atoms with E-state index in [-0.39, 0.29) is 5.78 Å². The van der Waals surface area contributed by atoms with Gasteiger partial charge in [-0.2, -0.15) is 0 Å². The van der Waals surface area contributed by atoms with E-state index in [1.807, 2.05) is 6.07 Å². The summed E-state index contributed by atoms with van der Waals surface area (Å²) in [4.78, 5) is 16.6. The number of aromatic nitrogens is 1. The first-order chi connectivity index (χ1) is 9.74. The molecule has 0 saturated heterocycles. The first kappa shape index (κ1) is 14.7. The van der Waals surface area contributed by atoms with Gasteiger partial charge in [0, 0.05) is 17.8 Å². The van der Waals surface area contributed by atoms with Crippen LogP contribution in [-0.4, -0.2) is 31.1 Å². The molecule has 1 heterocycles. The summed E-state index contributed by atoms with van der Waals surface area (Å²) in [5.41, 5.74) is 0.860. The number of pyridine rings is 1. The quantitative estimate of drug-likeness (QED) is 0.601. The number of nitrogens with zero attached hydrogens (tertiary/aromatic N) is 1. The Kier molecular flexibility index (Phi) is 5.26. The lowest BCUT2D eigenvalue weighted by molar-refractivity contribution is 0.102. The predicted octanol–water partition coefficient (Wildman–Crippen LogP) is 3.10. The number of rotatable bonds is 6. The van der Waals surface area contributed by atoms with E-state index in [2.05, 4.69) is 20.9 Å². The topological polar surface area (TPSA) is 48.4 Å². The molecule has 0 radical (unpaired) electrons. The van der Waals surface area contributed by atoms with Crippen LogP contribution in [0.3, 0.4) is 0 Å². The largest absolute Gasteiger partial charge is 0.490 e. The van der Waals surface area contributed by atoms with E-state index >= 15 is 0 Å². The maximum absolute atomic E-state index is 12.5. The average Bonchev–Trinajstić information content (AvgIpc) is 2.48. The molecule has 0 fully saturated rings. The van der Waals surface area contributed by atoms with Crippen LogP contribution in [0.2, 0.25) is 0 Å². The lowest BCUT2D eigenvalue weighted by atomic mass is 10.1. The molecule has 2 rings (SSSR count). The second kappa shape index (κ2) is 7.17. The molecule has 1 aromatic heterocycles. The Labute approximate surface area is 125 Å². The van der Waals surface area contributed by atoms with Crippen molar-refractivity contribution in [3.05, 3.63) is 58.3 Å². The highest BCUT2D eigenvalue weighted by molar-refractivity contribution is 9.10. The SMILES string of the molecule is COCCOc1ccccc1C(=O)c1ncccc1Br. The highest BCUT2D eigenvalue weighted by atomic mass is 79.9. The predicted molar refractivity (Wildman–Crippen MR) is 79.2 cm³/mol. The van der Waals surface area contributed by atoms with Gasteiger partial charge in [0.15, 0.2) is 0 Å². The summed E-state index contributed by atoms with van der Waals surface area (Å²) in [7, 11) is 1.60. The van der Waals surface area contributed by atoms with Gasteiger partial charge in [-0.3, -0.25) is 9.78 Å². The van der Waals surface area contributed by atoms with Crippen LogP contribution in [0, 0.1) is 0 Å². The van der Waals surface area contributed by atoms with Crippen molar-refractivity contribution in [1.82, 2.24) is 4.98 Å². The van der Waals surface area contributed by atoms with Gasteiger partial charge in [0.2, 0.25) is 5.78 Å². The molecule has 0 spiro atoms. The number of halogens is 1. The van der Waals surface area contributed by atoms with Gasteiger partial charge in [0.1, 0.15) is 18.1 Å². The van der Waals surface area contributed by atoms with Crippen LogP contribution in [0.1, 0.15) is 16.1 Å². The number of methoxy groups -OCH3 is 1. The van der Waals surface area contributed by atoms with Crippen molar-refractivity contribution in [1.29, 1.82) is 0 Å². The Morgan fingerprint density at radius 2 is 2.00 bits per heavy atom. The van der Waals surface area contributed by atoms with E-state index in [9.17, 15) is 4.79 Å². The maximum Gasteiger partial charge on any atom is 0.216 e. The molecule has 1 aromatic carbocycles. The molecule has 0 aliphatic rings. The minimum Gasteiger partial charge on any atom is -0.490 e. The second-order valence-electron chi connectivity index (χ2n) is 4.00.